The molecule has 1 N–H and O–H groups in total. The summed E-state index contributed by atoms with van der Waals surface area (Å²) in [5.74, 6) is -1.07. The Morgan fingerprint density at radius 2 is 1.78 bits per heavy atom. The number of phenolic OH excluding ortho intramolecular Hbond substituents is 1. The normalized spacial score (nSPS) is 20.6. The molecule has 2 aliphatic carbocycles. The number of para-hydroxylation sites is 1. The number of Topliss-reactive ketones (excluding diaryl/α,β-unsaturated/α-hetero) is 1. The molecule has 0 bridgehead atoms. The van der Waals surface area contributed by atoms with Gasteiger partial charge in [0, 0.05) is 29.6 Å². The molecule has 0 saturated carbocycles. The second kappa shape index (κ2) is 8.58. The quantitative estimate of drug-likeness (QED) is 0.278. The predicted molar refractivity (Wildman–Crippen MR) is 143 cm³/mol. The van der Waals surface area contributed by atoms with Gasteiger partial charge in [-0.1, -0.05) is 30.3 Å². The summed E-state index contributed by atoms with van der Waals surface area (Å²) in [6.07, 6.45) is 3.26. The van der Waals surface area contributed by atoms with Crippen molar-refractivity contribution in [3.63, 3.8) is 0 Å². The monoisotopic (exact) mass is 609 g/mol. The number of hydrogen-bond donors (Lipinski definition) is 1. The molecule has 186 valence electrons. The number of nitrogens with zero attached hydrogens (tertiary/aromatic N) is 3. The fourth-order valence-corrected chi connectivity index (χ4v) is 6.11. The lowest BCUT2D eigenvalue weighted by molar-refractivity contribution is -0.115. The highest BCUT2D eigenvalue weighted by Gasteiger charge is 2.45. The maximum absolute atomic E-state index is 13.7. The van der Waals surface area contributed by atoms with E-state index >= 15 is 0 Å². The predicted octanol–water partition coefficient (Wildman–Crippen LogP) is 2.95. The van der Waals surface area contributed by atoms with Crippen molar-refractivity contribution in [2.45, 2.75) is 24.9 Å². The van der Waals surface area contributed by atoms with Gasteiger partial charge < -0.3 is 9.84 Å². The molecule has 0 spiro atoms. The molecule has 0 radical (unpaired) electrons. The third-order valence-electron chi connectivity index (χ3n) is 7.15. The number of ketones is 2. The van der Waals surface area contributed by atoms with E-state index in [0.29, 0.717) is 26.0 Å². The molecule has 37 heavy (non-hydrogen) atoms. The minimum Gasteiger partial charge on any atom is -0.504 e. The van der Waals surface area contributed by atoms with Gasteiger partial charge in [-0.2, -0.15) is 0 Å². The van der Waals surface area contributed by atoms with Crippen molar-refractivity contribution in [2.24, 2.45) is 0 Å². The van der Waals surface area contributed by atoms with Crippen LogP contribution in [0.5, 0.6) is 11.5 Å². The van der Waals surface area contributed by atoms with Crippen LogP contribution >= 0.6 is 22.6 Å². The van der Waals surface area contributed by atoms with E-state index < -0.39 is 23.3 Å². The second-order valence-electron chi connectivity index (χ2n) is 9.03. The number of ether oxygens (including phenoxy) is 1. The number of aromatic hydroxyl groups is 1. The zero-order chi connectivity index (χ0) is 26.0. The second-order valence-corrected chi connectivity index (χ2v) is 10.2. The average Bonchev–Trinajstić information content (AvgIpc) is 3.16. The summed E-state index contributed by atoms with van der Waals surface area (Å²) in [7, 11) is 1.44. The van der Waals surface area contributed by atoms with Gasteiger partial charge in [0.15, 0.2) is 23.1 Å². The lowest BCUT2D eigenvalue weighted by Crippen LogP contribution is -2.40. The molecule has 1 aromatic heterocycles. The van der Waals surface area contributed by atoms with Crippen molar-refractivity contribution < 1.29 is 19.4 Å². The highest BCUT2D eigenvalue weighted by Crippen LogP contribution is 2.51. The number of rotatable bonds is 3. The van der Waals surface area contributed by atoms with E-state index in [1.54, 1.807) is 42.5 Å². The van der Waals surface area contributed by atoms with E-state index in [9.17, 15) is 24.3 Å². The number of benzene rings is 2. The number of fused-ring (bicyclic) bond motifs is 3. The number of allylic oxidation sites excluding steroid dienone is 6. The van der Waals surface area contributed by atoms with E-state index in [2.05, 4.69) is 0 Å². The van der Waals surface area contributed by atoms with Crippen LogP contribution < -0.4 is 16.1 Å². The first kappa shape index (κ1) is 23.5. The molecule has 0 fully saturated rings. The van der Waals surface area contributed by atoms with Gasteiger partial charge in [-0.05, 0) is 58.0 Å². The minimum absolute atomic E-state index is 0.100. The molecule has 0 unspecified atom stereocenters. The molecule has 1 aliphatic heterocycles. The molecule has 3 aliphatic rings. The van der Waals surface area contributed by atoms with Crippen molar-refractivity contribution in [2.75, 3.05) is 7.11 Å². The Morgan fingerprint density at radius 3 is 2.49 bits per heavy atom. The zero-order valence-electron chi connectivity index (χ0n) is 19.6. The molecule has 9 nitrogen and oxygen atoms in total. The van der Waals surface area contributed by atoms with Crippen LogP contribution in [0.15, 0.2) is 90.6 Å². The standard InChI is InChI=1S/C27H20IN3O6/c1-37-22-8-7-14(11-21(22)33)23-16-9-10-29-26(35)30(15-5-3-2-4-6-15)27(36)31(29)19(16)12-17-20(32)13-18(28)25(34)24(17)23/h2-9,11,13,19,23,33H,10,12H2,1H3/t19-,23+/m1/s1. The van der Waals surface area contributed by atoms with Crippen LogP contribution in [-0.4, -0.2) is 37.7 Å². The molecule has 10 heteroatoms. The Bertz CT molecular complexity index is 1720. The Kier molecular flexibility index (Phi) is 5.44. The summed E-state index contributed by atoms with van der Waals surface area (Å²) < 4.78 is 9.37. The first-order valence-electron chi connectivity index (χ1n) is 11.6. The van der Waals surface area contributed by atoms with Crippen LogP contribution in [0.25, 0.3) is 5.69 Å². The van der Waals surface area contributed by atoms with Crippen molar-refractivity contribution in [1.29, 1.82) is 0 Å². The van der Waals surface area contributed by atoms with E-state index in [1.807, 2.05) is 28.7 Å². The van der Waals surface area contributed by atoms with Crippen LogP contribution in [-0.2, 0) is 16.1 Å². The molecule has 0 saturated heterocycles. The van der Waals surface area contributed by atoms with Crippen LogP contribution in [0, 0.1) is 0 Å². The SMILES string of the molecule is COc1ccc([C@H]2C3=CCn4c(=O)n(-c5ccccc5)c(=O)n4[C@@H]3CC3=C2C(=O)C(I)=CC3=O)cc1O. The van der Waals surface area contributed by atoms with E-state index in [1.165, 1.54) is 28.6 Å². The van der Waals surface area contributed by atoms with Gasteiger partial charge in [0.05, 0.1) is 29.0 Å². The fourth-order valence-electron chi connectivity index (χ4n) is 5.53. The molecule has 0 amide bonds. The first-order chi connectivity index (χ1) is 17.8. The number of carbonyl (C=O) groups excluding carboxylic acids is 2. The van der Waals surface area contributed by atoms with Gasteiger partial charge in [0.2, 0.25) is 0 Å². The first-order valence-corrected chi connectivity index (χ1v) is 12.7. The Hall–Kier alpha value is -3.93. The number of methoxy groups -OCH3 is 1. The highest BCUT2D eigenvalue weighted by molar-refractivity contribution is 14.1. The molecule has 2 heterocycles. The van der Waals surface area contributed by atoms with Gasteiger partial charge >= 0.3 is 11.4 Å². The summed E-state index contributed by atoms with van der Waals surface area (Å²) in [6, 6.07) is 12.8. The fraction of sp³-hybridized carbons (Fsp3) is 0.185. The Balaban J connectivity index is 1.58. The molecular weight excluding hydrogens is 589 g/mol. The lowest BCUT2D eigenvalue weighted by Gasteiger charge is -2.39. The van der Waals surface area contributed by atoms with Gasteiger partial charge in [0.25, 0.3) is 0 Å². The van der Waals surface area contributed by atoms with E-state index in [-0.39, 0.29) is 36.0 Å². The summed E-state index contributed by atoms with van der Waals surface area (Å²) in [4.78, 5) is 53.5. The average molecular weight is 609 g/mol. The van der Waals surface area contributed by atoms with Gasteiger partial charge in [0.1, 0.15) is 0 Å². The molecule has 6 rings (SSSR count). The maximum Gasteiger partial charge on any atom is 0.352 e. The van der Waals surface area contributed by atoms with Crippen molar-refractivity contribution in [1.82, 2.24) is 13.9 Å². The number of halogens is 1. The summed E-state index contributed by atoms with van der Waals surface area (Å²) in [6.45, 7) is 0.121. The van der Waals surface area contributed by atoms with E-state index in [4.69, 9.17) is 4.74 Å². The lowest BCUT2D eigenvalue weighted by atomic mass is 9.69. The maximum atomic E-state index is 13.7. The number of hydrogen-bond acceptors (Lipinski definition) is 6. The van der Waals surface area contributed by atoms with Crippen LogP contribution in [0.3, 0.4) is 0 Å². The smallest absolute Gasteiger partial charge is 0.352 e. The number of carbonyl (C=O) groups is 2. The van der Waals surface area contributed by atoms with Gasteiger partial charge in [-0.15, -0.1) is 0 Å². The number of phenols is 1. The van der Waals surface area contributed by atoms with Gasteiger partial charge in [-0.25, -0.2) is 23.5 Å². The van der Waals surface area contributed by atoms with Crippen LogP contribution in [0.2, 0.25) is 0 Å². The third kappa shape index (κ3) is 3.42. The van der Waals surface area contributed by atoms with Crippen LogP contribution in [0.1, 0.15) is 23.9 Å². The molecular formula is C27H20IN3O6. The van der Waals surface area contributed by atoms with Crippen LogP contribution in [0.4, 0.5) is 0 Å². The largest absolute Gasteiger partial charge is 0.504 e. The van der Waals surface area contributed by atoms with Crippen molar-refractivity contribution >= 4 is 34.2 Å². The minimum atomic E-state index is -0.684. The Morgan fingerprint density at radius 1 is 1.03 bits per heavy atom. The zero-order valence-corrected chi connectivity index (χ0v) is 21.7. The molecule has 2 aromatic carbocycles. The number of aromatic nitrogens is 3. The van der Waals surface area contributed by atoms with Crippen molar-refractivity contribution in [3.8, 4) is 17.2 Å². The molecule has 3 aromatic rings. The van der Waals surface area contributed by atoms with Gasteiger partial charge in [-0.3, -0.25) is 9.59 Å². The summed E-state index contributed by atoms with van der Waals surface area (Å²) >= 11 is 1.87. The van der Waals surface area contributed by atoms with Crippen molar-refractivity contribution in [3.05, 3.63) is 108 Å². The highest BCUT2D eigenvalue weighted by atomic mass is 127. The third-order valence-corrected chi connectivity index (χ3v) is 7.95. The topological polar surface area (TPSA) is 113 Å². The van der Waals surface area contributed by atoms with E-state index in [0.717, 1.165) is 10.1 Å². The summed E-state index contributed by atoms with van der Waals surface area (Å²) in [5.41, 5.74) is 1.41. The Labute approximate surface area is 223 Å². The summed E-state index contributed by atoms with van der Waals surface area (Å²) in [5, 5.41) is 10.5. The molecule has 2 atom stereocenters.